The number of unbranched alkanes of at least 4 members (excludes halogenated alkanes) is 28. The number of phenolic OH excluding ortho intramolecular Hbond substituents is 2. The van der Waals surface area contributed by atoms with E-state index in [9.17, 15) is 0 Å². The summed E-state index contributed by atoms with van der Waals surface area (Å²) in [5.41, 5.74) is 1.06. The zero-order valence-corrected chi connectivity index (χ0v) is 33.8. The molecule has 0 aromatic heterocycles. The SMILES string of the molecule is CC.CCCCCCCCCCCCCCCCC.CCCCCCCCCCCCCCCCC.CCCc1ccc(O)c(O)c1. The third-order valence-electron chi connectivity index (χ3n) is 8.99. The third kappa shape index (κ3) is 44.8. The Hall–Kier alpha value is -1.18. The van der Waals surface area contributed by atoms with Crippen molar-refractivity contribution in [3.63, 3.8) is 0 Å². The summed E-state index contributed by atoms with van der Waals surface area (Å²) in [5.74, 6) is -0.0826. The van der Waals surface area contributed by atoms with Crippen LogP contribution in [0.1, 0.15) is 253 Å². The first-order valence-electron chi connectivity index (χ1n) is 21.6. The van der Waals surface area contributed by atoms with E-state index in [1.165, 1.54) is 199 Å². The zero-order chi connectivity index (χ0) is 35.5. The van der Waals surface area contributed by atoms with Crippen molar-refractivity contribution in [2.75, 3.05) is 0 Å². The summed E-state index contributed by atoms with van der Waals surface area (Å²) in [4.78, 5) is 0. The van der Waals surface area contributed by atoms with Crippen molar-refractivity contribution in [1.29, 1.82) is 0 Å². The van der Waals surface area contributed by atoms with Crippen LogP contribution in [0.5, 0.6) is 11.5 Å². The van der Waals surface area contributed by atoms with Crippen molar-refractivity contribution >= 4 is 0 Å². The second kappa shape index (κ2) is 46.9. The molecule has 0 saturated carbocycles. The number of hydrogen-bond acceptors (Lipinski definition) is 2. The minimum Gasteiger partial charge on any atom is -0.504 e. The molecule has 0 atom stereocenters. The average Bonchev–Trinajstić information content (AvgIpc) is 3.09. The van der Waals surface area contributed by atoms with Crippen LogP contribution in [0.3, 0.4) is 0 Å². The van der Waals surface area contributed by atoms with Crippen molar-refractivity contribution < 1.29 is 10.2 Å². The average molecular weight is 663 g/mol. The first-order valence-corrected chi connectivity index (χ1v) is 21.6. The standard InChI is InChI=1S/2C17H36.C9H12O2.C2H6/c2*1-3-5-7-9-11-13-15-17-16-14-12-10-8-6-4-2;1-2-3-7-4-5-8(10)9(11)6-7;1-2/h2*3-17H2,1-2H3;4-6,10-11H,2-3H2,1H3;1-2H3. The molecule has 0 heterocycles. The lowest BCUT2D eigenvalue weighted by atomic mass is 10.0. The highest BCUT2D eigenvalue weighted by Crippen LogP contribution is 2.25. The predicted molar refractivity (Wildman–Crippen MR) is 216 cm³/mol. The fraction of sp³-hybridized carbons (Fsp3) is 0.867. The molecule has 1 aromatic rings. The molecule has 0 aliphatic rings. The maximum Gasteiger partial charge on any atom is 0.157 e. The van der Waals surface area contributed by atoms with Crippen molar-refractivity contribution in [2.24, 2.45) is 0 Å². The normalized spacial score (nSPS) is 10.4. The van der Waals surface area contributed by atoms with Crippen molar-refractivity contribution in [3.8, 4) is 11.5 Å². The molecule has 0 fully saturated rings. The Labute approximate surface area is 298 Å². The van der Waals surface area contributed by atoms with Gasteiger partial charge in [0.1, 0.15) is 0 Å². The van der Waals surface area contributed by atoms with Crippen LogP contribution in [0.15, 0.2) is 18.2 Å². The lowest BCUT2D eigenvalue weighted by Gasteiger charge is -2.02. The molecule has 2 heteroatoms. The summed E-state index contributed by atoms with van der Waals surface area (Å²) >= 11 is 0. The maximum atomic E-state index is 9.08. The first-order chi connectivity index (χ1) is 23.1. The van der Waals surface area contributed by atoms with E-state index in [0.29, 0.717) is 0 Å². The predicted octanol–water partition coefficient (Wildman–Crippen LogP) is 16.8. The van der Waals surface area contributed by atoms with Gasteiger partial charge >= 0.3 is 0 Å². The van der Waals surface area contributed by atoms with Gasteiger partial charge in [-0.05, 0) is 24.1 Å². The molecule has 2 nitrogen and oxygen atoms in total. The molecule has 1 rings (SSSR count). The Morgan fingerprint density at radius 2 is 0.553 bits per heavy atom. The van der Waals surface area contributed by atoms with E-state index in [1.807, 2.05) is 19.9 Å². The Kier molecular flexibility index (Phi) is 50.1. The van der Waals surface area contributed by atoms with Crippen LogP contribution in [0.25, 0.3) is 0 Å². The van der Waals surface area contributed by atoms with Crippen molar-refractivity contribution in [3.05, 3.63) is 23.8 Å². The lowest BCUT2D eigenvalue weighted by molar-refractivity contribution is 0.403. The van der Waals surface area contributed by atoms with Crippen LogP contribution in [0, 0.1) is 0 Å². The summed E-state index contributed by atoms with van der Waals surface area (Å²) < 4.78 is 0. The van der Waals surface area contributed by atoms with Gasteiger partial charge in [-0.1, -0.05) is 254 Å². The highest BCUT2D eigenvalue weighted by atomic mass is 16.3. The van der Waals surface area contributed by atoms with E-state index >= 15 is 0 Å². The Morgan fingerprint density at radius 3 is 0.745 bits per heavy atom. The quantitative estimate of drug-likeness (QED) is 0.0636. The largest absolute Gasteiger partial charge is 0.504 e. The molecule has 282 valence electrons. The lowest BCUT2D eigenvalue weighted by Crippen LogP contribution is -1.82. The van der Waals surface area contributed by atoms with E-state index in [2.05, 4.69) is 34.6 Å². The van der Waals surface area contributed by atoms with Crippen LogP contribution >= 0.6 is 0 Å². The third-order valence-corrected chi connectivity index (χ3v) is 8.99. The number of benzene rings is 1. The van der Waals surface area contributed by atoms with Gasteiger partial charge in [-0.25, -0.2) is 0 Å². The molecular weight excluding hydrogens is 572 g/mol. The maximum absolute atomic E-state index is 9.08. The summed E-state index contributed by atoms with van der Waals surface area (Å²) in [6, 6.07) is 4.93. The van der Waals surface area contributed by atoms with E-state index in [1.54, 1.807) is 6.07 Å². The fourth-order valence-electron chi connectivity index (χ4n) is 5.90. The van der Waals surface area contributed by atoms with Gasteiger partial charge in [0.2, 0.25) is 0 Å². The van der Waals surface area contributed by atoms with E-state index in [4.69, 9.17) is 10.2 Å². The van der Waals surface area contributed by atoms with Crippen molar-refractivity contribution in [1.82, 2.24) is 0 Å². The zero-order valence-electron chi connectivity index (χ0n) is 33.8. The van der Waals surface area contributed by atoms with E-state index < -0.39 is 0 Å². The minimum atomic E-state index is -0.0511. The van der Waals surface area contributed by atoms with Gasteiger partial charge in [-0.3, -0.25) is 0 Å². The molecule has 0 unspecified atom stereocenters. The highest BCUT2D eigenvalue weighted by molar-refractivity contribution is 5.40. The van der Waals surface area contributed by atoms with Gasteiger partial charge < -0.3 is 10.2 Å². The molecule has 1 aromatic carbocycles. The van der Waals surface area contributed by atoms with Crippen LogP contribution in [-0.2, 0) is 6.42 Å². The summed E-state index contributed by atoms with van der Waals surface area (Å²) in [7, 11) is 0. The Bertz CT molecular complexity index is 597. The van der Waals surface area contributed by atoms with Gasteiger partial charge in [0.15, 0.2) is 11.5 Å². The number of hydrogen-bond donors (Lipinski definition) is 2. The molecule has 0 aliphatic heterocycles. The Balaban J connectivity index is -0.000000614. The Morgan fingerprint density at radius 1 is 0.319 bits per heavy atom. The molecule has 0 radical (unpaired) electrons. The molecule has 47 heavy (non-hydrogen) atoms. The summed E-state index contributed by atoms with van der Waals surface area (Å²) in [6.07, 6.45) is 45.8. The molecule has 0 amide bonds. The van der Waals surface area contributed by atoms with Gasteiger partial charge in [0.05, 0.1) is 0 Å². The van der Waals surface area contributed by atoms with E-state index in [-0.39, 0.29) is 11.5 Å². The van der Waals surface area contributed by atoms with E-state index in [0.717, 1.165) is 18.4 Å². The van der Waals surface area contributed by atoms with Crippen LogP contribution in [0.2, 0.25) is 0 Å². The van der Waals surface area contributed by atoms with Crippen LogP contribution in [0.4, 0.5) is 0 Å². The molecule has 0 saturated heterocycles. The fourth-order valence-corrected chi connectivity index (χ4v) is 5.90. The molecule has 0 spiro atoms. The van der Waals surface area contributed by atoms with Crippen LogP contribution < -0.4 is 0 Å². The highest BCUT2D eigenvalue weighted by Gasteiger charge is 1.99. The summed E-state index contributed by atoms with van der Waals surface area (Å²) in [5, 5.41) is 18.0. The number of aromatic hydroxyl groups is 2. The molecule has 2 N–H and O–H groups in total. The molecule has 0 aliphatic carbocycles. The topological polar surface area (TPSA) is 40.5 Å². The van der Waals surface area contributed by atoms with Gasteiger partial charge in [0, 0.05) is 0 Å². The molecule has 0 bridgehead atoms. The van der Waals surface area contributed by atoms with Gasteiger partial charge in [-0.15, -0.1) is 0 Å². The monoisotopic (exact) mass is 663 g/mol. The van der Waals surface area contributed by atoms with Crippen LogP contribution in [-0.4, -0.2) is 10.2 Å². The smallest absolute Gasteiger partial charge is 0.157 e. The second-order valence-corrected chi connectivity index (χ2v) is 13.8. The van der Waals surface area contributed by atoms with Gasteiger partial charge in [0.25, 0.3) is 0 Å². The number of aryl methyl sites for hydroxylation is 1. The first kappa shape index (κ1) is 50.2. The molecular formula is C45H90O2. The minimum absolute atomic E-state index is 0.0315. The second-order valence-electron chi connectivity index (χ2n) is 13.8. The van der Waals surface area contributed by atoms with Gasteiger partial charge in [-0.2, -0.15) is 0 Å². The summed E-state index contributed by atoms with van der Waals surface area (Å²) in [6.45, 7) is 15.2. The number of phenols is 2. The van der Waals surface area contributed by atoms with Crippen molar-refractivity contribution in [2.45, 2.75) is 254 Å². The number of rotatable bonds is 30.